The van der Waals surface area contributed by atoms with Gasteiger partial charge in [-0.05, 0) is 43.9 Å². The first-order valence-corrected chi connectivity index (χ1v) is 9.01. The van der Waals surface area contributed by atoms with E-state index in [4.69, 9.17) is 4.74 Å². The summed E-state index contributed by atoms with van der Waals surface area (Å²) in [5.74, 6) is -0.417. The summed E-state index contributed by atoms with van der Waals surface area (Å²) in [4.78, 5) is 35.5. The molecule has 0 bridgehead atoms. The highest BCUT2D eigenvalue weighted by molar-refractivity contribution is 5.87. The van der Waals surface area contributed by atoms with Gasteiger partial charge in [-0.1, -0.05) is 31.4 Å². The van der Waals surface area contributed by atoms with Crippen molar-refractivity contribution in [1.82, 2.24) is 16.2 Å². The Morgan fingerprint density at radius 2 is 1.73 bits per heavy atom. The third kappa shape index (κ3) is 6.38. The van der Waals surface area contributed by atoms with Crippen LogP contribution >= 0.6 is 0 Å². The van der Waals surface area contributed by atoms with Crippen molar-refractivity contribution >= 4 is 17.7 Å². The molecule has 0 spiro atoms. The highest BCUT2D eigenvalue weighted by atomic mass is 16.5. The van der Waals surface area contributed by atoms with Gasteiger partial charge in [0.15, 0.2) is 6.61 Å². The molecule has 1 aliphatic carbocycles. The summed E-state index contributed by atoms with van der Waals surface area (Å²) in [6, 6.07) is 5.73. The van der Waals surface area contributed by atoms with Crippen LogP contribution in [0, 0.1) is 19.8 Å². The zero-order valence-corrected chi connectivity index (χ0v) is 15.4. The average molecular weight is 361 g/mol. The van der Waals surface area contributed by atoms with E-state index in [-0.39, 0.29) is 25.0 Å². The fourth-order valence-electron chi connectivity index (χ4n) is 2.90. The molecular formula is C19H27N3O4. The Morgan fingerprint density at radius 1 is 1.04 bits per heavy atom. The minimum atomic E-state index is -0.478. The van der Waals surface area contributed by atoms with Crippen LogP contribution in [0.2, 0.25) is 0 Å². The minimum absolute atomic E-state index is 0.00268. The predicted molar refractivity (Wildman–Crippen MR) is 97.3 cm³/mol. The molecule has 0 atom stereocenters. The molecule has 0 radical (unpaired) electrons. The van der Waals surface area contributed by atoms with Crippen LogP contribution in [0.3, 0.4) is 0 Å². The van der Waals surface area contributed by atoms with E-state index >= 15 is 0 Å². The zero-order chi connectivity index (χ0) is 18.9. The molecule has 7 heteroatoms. The number of carbonyl (C=O) groups is 3. The predicted octanol–water partition coefficient (Wildman–Crippen LogP) is 1.53. The first-order chi connectivity index (χ1) is 12.5. The van der Waals surface area contributed by atoms with Crippen molar-refractivity contribution < 1.29 is 19.1 Å². The normalized spacial score (nSPS) is 14.4. The molecule has 2 rings (SSSR count). The fraction of sp³-hybridized carbons (Fsp3) is 0.526. The molecule has 1 saturated carbocycles. The van der Waals surface area contributed by atoms with E-state index < -0.39 is 11.8 Å². The molecule has 0 saturated heterocycles. The maximum absolute atomic E-state index is 12.0. The number of carbonyl (C=O) groups excluding carboxylic acids is 3. The molecular weight excluding hydrogens is 334 g/mol. The minimum Gasteiger partial charge on any atom is -0.483 e. The van der Waals surface area contributed by atoms with E-state index in [1.54, 1.807) is 0 Å². The first kappa shape index (κ1) is 19.8. The van der Waals surface area contributed by atoms with Crippen molar-refractivity contribution in [3.63, 3.8) is 0 Å². The fourth-order valence-corrected chi connectivity index (χ4v) is 2.90. The van der Waals surface area contributed by atoms with Crippen LogP contribution in [0.4, 0.5) is 0 Å². The second kappa shape index (κ2) is 9.79. The molecule has 3 N–H and O–H groups in total. The topological polar surface area (TPSA) is 96.5 Å². The Morgan fingerprint density at radius 3 is 2.46 bits per heavy atom. The number of hydrazine groups is 1. The Labute approximate surface area is 153 Å². The van der Waals surface area contributed by atoms with Gasteiger partial charge in [0.05, 0.1) is 6.54 Å². The first-order valence-electron chi connectivity index (χ1n) is 9.01. The number of rotatable bonds is 6. The Bertz CT molecular complexity index is 654. The summed E-state index contributed by atoms with van der Waals surface area (Å²) in [6.07, 6.45) is 5.03. The number of hydrogen-bond acceptors (Lipinski definition) is 4. The van der Waals surface area contributed by atoms with Crippen molar-refractivity contribution in [2.24, 2.45) is 5.92 Å². The molecule has 7 nitrogen and oxygen atoms in total. The molecule has 0 unspecified atom stereocenters. The lowest BCUT2D eigenvalue weighted by molar-refractivity contribution is -0.131. The van der Waals surface area contributed by atoms with Crippen molar-refractivity contribution in [3.8, 4) is 5.75 Å². The molecule has 1 fully saturated rings. The van der Waals surface area contributed by atoms with Gasteiger partial charge in [-0.2, -0.15) is 0 Å². The van der Waals surface area contributed by atoms with Gasteiger partial charge < -0.3 is 10.1 Å². The van der Waals surface area contributed by atoms with Crippen LogP contribution in [0.25, 0.3) is 0 Å². The SMILES string of the molecule is Cc1ccc(C)c(OCC(=O)NNC(=O)CNC(=O)C2CCCCC2)c1. The molecule has 1 aromatic carbocycles. The maximum atomic E-state index is 12.0. The van der Waals surface area contributed by atoms with Crippen molar-refractivity contribution in [2.75, 3.05) is 13.2 Å². The van der Waals surface area contributed by atoms with E-state index in [0.717, 1.165) is 36.8 Å². The summed E-state index contributed by atoms with van der Waals surface area (Å²) in [5.41, 5.74) is 6.51. The van der Waals surface area contributed by atoms with E-state index in [2.05, 4.69) is 16.2 Å². The van der Waals surface area contributed by atoms with Gasteiger partial charge >= 0.3 is 0 Å². The van der Waals surface area contributed by atoms with E-state index in [1.165, 1.54) is 6.42 Å². The van der Waals surface area contributed by atoms with Crippen LogP contribution in [0.15, 0.2) is 18.2 Å². The standard InChI is InChI=1S/C19H27N3O4/c1-13-8-9-14(2)16(10-13)26-12-18(24)22-21-17(23)11-20-19(25)15-6-4-3-5-7-15/h8-10,15H,3-7,11-12H2,1-2H3,(H,20,25)(H,21,23)(H,22,24). The number of hydrogen-bond donors (Lipinski definition) is 3. The van der Waals surface area contributed by atoms with Crippen molar-refractivity contribution in [2.45, 2.75) is 46.0 Å². The quantitative estimate of drug-likeness (QED) is 0.670. The maximum Gasteiger partial charge on any atom is 0.276 e. The smallest absolute Gasteiger partial charge is 0.276 e. The molecule has 1 aliphatic rings. The number of aryl methyl sites for hydroxylation is 2. The second-order valence-corrected chi connectivity index (χ2v) is 6.71. The average Bonchev–Trinajstić information content (AvgIpc) is 2.65. The molecule has 0 heterocycles. The molecule has 142 valence electrons. The van der Waals surface area contributed by atoms with E-state index in [9.17, 15) is 14.4 Å². The van der Waals surface area contributed by atoms with Gasteiger partial charge in [-0.3, -0.25) is 25.2 Å². The number of amides is 3. The third-order valence-corrected chi connectivity index (χ3v) is 4.44. The van der Waals surface area contributed by atoms with Gasteiger partial charge in [0.1, 0.15) is 5.75 Å². The van der Waals surface area contributed by atoms with E-state index in [0.29, 0.717) is 5.75 Å². The van der Waals surface area contributed by atoms with Crippen LogP contribution in [-0.2, 0) is 14.4 Å². The zero-order valence-electron chi connectivity index (χ0n) is 15.4. The summed E-state index contributed by atoms with van der Waals surface area (Å²) >= 11 is 0. The van der Waals surface area contributed by atoms with Gasteiger partial charge in [0.2, 0.25) is 5.91 Å². The van der Waals surface area contributed by atoms with Gasteiger partial charge in [-0.15, -0.1) is 0 Å². The van der Waals surface area contributed by atoms with Crippen LogP contribution in [0.1, 0.15) is 43.2 Å². The second-order valence-electron chi connectivity index (χ2n) is 6.71. The Balaban J connectivity index is 1.64. The number of ether oxygens (including phenoxy) is 1. The largest absolute Gasteiger partial charge is 0.483 e. The number of benzene rings is 1. The Hall–Kier alpha value is -2.57. The van der Waals surface area contributed by atoms with E-state index in [1.807, 2.05) is 32.0 Å². The summed E-state index contributed by atoms with van der Waals surface area (Å²) < 4.78 is 5.46. The highest BCUT2D eigenvalue weighted by Gasteiger charge is 2.21. The van der Waals surface area contributed by atoms with Gasteiger partial charge in [0.25, 0.3) is 11.8 Å². The lowest BCUT2D eigenvalue weighted by Gasteiger charge is -2.20. The summed E-state index contributed by atoms with van der Waals surface area (Å²) in [5, 5.41) is 2.61. The summed E-state index contributed by atoms with van der Waals surface area (Å²) in [6.45, 7) is 3.46. The third-order valence-electron chi connectivity index (χ3n) is 4.44. The lowest BCUT2D eigenvalue weighted by atomic mass is 9.89. The van der Waals surface area contributed by atoms with Crippen LogP contribution in [-0.4, -0.2) is 30.9 Å². The van der Waals surface area contributed by atoms with Gasteiger partial charge in [0, 0.05) is 5.92 Å². The molecule has 26 heavy (non-hydrogen) atoms. The van der Waals surface area contributed by atoms with Crippen molar-refractivity contribution in [1.29, 1.82) is 0 Å². The van der Waals surface area contributed by atoms with Crippen LogP contribution < -0.4 is 20.9 Å². The summed E-state index contributed by atoms with van der Waals surface area (Å²) in [7, 11) is 0. The van der Waals surface area contributed by atoms with Crippen LogP contribution in [0.5, 0.6) is 5.75 Å². The number of nitrogens with one attached hydrogen (secondary N) is 3. The monoisotopic (exact) mass is 361 g/mol. The van der Waals surface area contributed by atoms with Crippen molar-refractivity contribution in [3.05, 3.63) is 29.3 Å². The van der Waals surface area contributed by atoms with Gasteiger partial charge in [-0.25, -0.2) is 0 Å². The molecule has 1 aromatic rings. The molecule has 3 amide bonds. The molecule has 0 aliphatic heterocycles. The lowest BCUT2D eigenvalue weighted by Crippen LogP contribution is -2.48. The molecule has 0 aromatic heterocycles. The Kier molecular flexibility index (Phi) is 7.44. The highest BCUT2D eigenvalue weighted by Crippen LogP contribution is 2.23.